The molecule has 0 saturated carbocycles. The minimum atomic E-state index is -0.0542. The summed E-state index contributed by atoms with van der Waals surface area (Å²) in [5.74, 6) is 0.265. The van der Waals surface area contributed by atoms with Gasteiger partial charge in [-0.05, 0) is 36.0 Å². The van der Waals surface area contributed by atoms with E-state index in [2.05, 4.69) is 96.7 Å². The van der Waals surface area contributed by atoms with E-state index in [1.54, 1.807) is 0 Å². The lowest BCUT2D eigenvalue weighted by Crippen LogP contribution is -2.20. The Labute approximate surface area is 148 Å². The van der Waals surface area contributed by atoms with Gasteiger partial charge in [0.15, 0.2) is 0 Å². The molecule has 2 rings (SSSR count). The van der Waals surface area contributed by atoms with E-state index in [-0.39, 0.29) is 16.7 Å². The SMILES string of the molecule is C=Cc1ccc(C(C)(C)CC([CH2+])c2ccc(C([CH2+])(C)C)cc2)cc1. The van der Waals surface area contributed by atoms with Crippen LogP contribution in [-0.4, -0.2) is 0 Å². The molecule has 2 aromatic carbocycles. The van der Waals surface area contributed by atoms with Gasteiger partial charge in [0.2, 0.25) is 0 Å². The first-order chi connectivity index (χ1) is 11.1. The maximum atomic E-state index is 4.41. The monoisotopic (exact) mass is 318 g/mol. The summed E-state index contributed by atoms with van der Waals surface area (Å²) < 4.78 is 0. The molecule has 0 spiro atoms. The summed E-state index contributed by atoms with van der Waals surface area (Å²) in [5.41, 5.74) is 5.08. The van der Waals surface area contributed by atoms with Crippen LogP contribution in [0.1, 0.15) is 62.3 Å². The first-order valence-corrected chi connectivity index (χ1v) is 8.65. The van der Waals surface area contributed by atoms with Crippen molar-refractivity contribution in [3.05, 3.63) is 91.2 Å². The van der Waals surface area contributed by atoms with Crippen LogP contribution in [0.5, 0.6) is 0 Å². The Morgan fingerprint density at radius 3 is 1.88 bits per heavy atom. The highest BCUT2D eigenvalue weighted by Crippen LogP contribution is 2.35. The molecular formula is C24H30+2. The Morgan fingerprint density at radius 1 is 0.917 bits per heavy atom. The van der Waals surface area contributed by atoms with E-state index >= 15 is 0 Å². The molecule has 0 aliphatic rings. The van der Waals surface area contributed by atoms with Gasteiger partial charge in [0.25, 0.3) is 0 Å². The summed E-state index contributed by atoms with van der Waals surface area (Å²) in [5, 5.41) is 0. The van der Waals surface area contributed by atoms with Crippen LogP contribution in [0.15, 0.2) is 55.1 Å². The van der Waals surface area contributed by atoms with Crippen molar-refractivity contribution in [1.82, 2.24) is 0 Å². The molecule has 0 heteroatoms. The lowest BCUT2D eigenvalue weighted by Gasteiger charge is -2.27. The fraction of sp³-hybridized carbons (Fsp3) is 0.333. The minimum Gasteiger partial charge on any atom is -0.0985 e. The fourth-order valence-electron chi connectivity index (χ4n) is 3.13. The van der Waals surface area contributed by atoms with Crippen LogP contribution < -0.4 is 0 Å². The summed E-state index contributed by atoms with van der Waals surface area (Å²) in [6.07, 6.45) is 2.89. The topological polar surface area (TPSA) is 0 Å². The van der Waals surface area contributed by atoms with Gasteiger partial charge in [-0.1, -0.05) is 75.0 Å². The van der Waals surface area contributed by atoms with Gasteiger partial charge in [-0.25, -0.2) is 0 Å². The summed E-state index contributed by atoms with van der Waals surface area (Å²) in [7, 11) is 0. The van der Waals surface area contributed by atoms with Crippen LogP contribution in [0.25, 0.3) is 6.08 Å². The van der Waals surface area contributed by atoms with Crippen molar-refractivity contribution in [1.29, 1.82) is 0 Å². The maximum Gasteiger partial charge on any atom is 0.125 e. The van der Waals surface area contributed by atoms with E-state index in [1.165, 1.54) is 16.7 Å². The van der Waals surface area contributed by atoms with Crippen molar-refractivity contribution in [2.24, 2.45) is 0 Å². The Kier molecular flexibility index (Phi) is 5.18. The summed E-state index contributed by atoms with van der Waals surface area (Å²) in [6, 6.07) is 17.5. The zero-order valence-electron chi connectivity index (χ0n) is 15.6. The average Bonchev–Trinajstić information content (AvgIpc) is 2.54. The Hall–Kier alpha value is -2.08. The molecule has 1 atom stereocenters. The lowest BCUT2D eigenvalue weighted by molar-refractivity contribution is 0.454. The van der Waals surface area contributed by atoms with E-state index in [1.807, 2.05) is 6.08 Å². The fourth-order valence-corrected chi connectivity index (χ4v) is 3.13. The Bertz CT molecular complexity index is 663. The molecule has 24 heavy (non-hydrogen) atoms. The van der Waals surface area contributed by atoms with Crippen molar-refractivity contribution < 1.29 is 0 Å². The highest BCUT2D eigenvalue weighted by Gasteiger charge is 2.28. The van der Waals surface area contributed by atoms with Crippen LogP contribution in [0, 0.1) is 13.8 Å². The molecule has 2 aromatic rings. The first-order valence-electron chi connectivity index (χ1n) is 8.65. The molecule has 0 amide bonds. The standard InChI is InChI=1S/C24H30/c1-8-19-9-13-22(14-10-19)24(6,7)17-18(2)20-11-15-21(16-12-20)23(3,4)5/h8-16,18H,1-3,17H2,4-7H3/q+2. The second-order valence-electron chi connectivity index (χ2n) is 8.12. The van der Waals surface area contributed by atoms with E-state index in [9.17, 15) is 0 Å². The molecule has 1 unspecified atom stereocenters. The number of rotatable bonds is 6. The van der Waals surface area contributed by atoms with Crippen molar-refractivity contribution in [3.63, 3.8) is 0 Å². The average molecular weight is 319 g/mol. The molecular weight excluding hydrogens is 288 g/mol. The van der Waals surface area contributed by atoms with Gasteiger partial charge in [-0.15, -0.1) is 0 Å². The van der Waals surface area contributed by atoms with Crippen LogP contribution in [0.2, 0.25) is 0 Å². The number of benzene rings is 2. The van der Waals surface area contributed by atoms with Crippen molar-refractivity contribution in [3.8, 4) is 0 Å². The minimum absolute atomic E-state index is 0.0542. The quantitative estimate of drug-likeness (QED) is 0.518. The van der Waals surface area contributed by atoms with Crippen molar-refractivity contribution in [2.45, 2.75) is 50.9 Å². The van der Waals surface area contributed by atoms with Crippen molar-refractivity contribution in [2.75, 3.05) is 0 Å². The van der Waals surface area contributed by atoms with Gasteiger partial charge in [-0.3, -0.25) is 0 Å². The van der Waals surface area contributed by atoms with Crippen LogP contribution in [0.3, 0.4) is 0 Å². The molecule has 0 radical (unpaired) electrons. The molecule has 0 heterocycles. The number of hydrogen-bond donors (Lipinski definition) is 0. The molecule has 0 fully saturated rings. The van der Waals surface area contributed by atoms with E-state index in [0.717, 1.165) is 12.0 Å². The zero-order valence-corrected chi connectivity index (χ0v) is 15.6. The smallest absolute Gasteiger partial charge is 0.0985 e. The Balaban J connectivity index is 2.14. The zero-order chi connectivity index (χ0) is 18.0. The van der Waals surface area contributed by atoms with Gasteiger partial charge < -0.3 is 0 Å². The van der Waals surface area contributed by atoms with Crippen LogP contribution in [-0.2, 0) is 10.8 Å². The Morgan fingerprint density at radius 2 is 1.42 bits per heavy atom. The van der Waals surface area contributed by atoms with Gasteiger partial charge in [0.05, 0.1) is 13.8 Å². The van der Waals surface area contributed by atoms with Crippen molar-refractivity contribution >= 4 is 6.08 Å². The molecule has 124 valence electrons. The summed E-state index contributed by atoms with van der Waals surface area (Å²) >= 11 is 0. The van der Waals surface area contributed by atoms with Gasteiger partial charge in [-0.2, -0.15) is 0 Å². The third-order valence-electron chi connectivity index (χ3n) is 4.85. The molecule has 0 bridgehead atoms. The van der Waals surface area contributed by atoms with E-state index < -0.39 is 0 Å². The highest BCUT2D eigenvalue weighted by molar-refractivity contribution is 5.48. The lowest BCUT2D eigenvalue weighted by atomic mass is 9.75. The molecule has 0 aliphatic heterocycles. The second kappa shape index (κ2) is 6.81. The first kappa shape index (κ1) is 18.3. The van der Waals surface area contributed by atoms with Gasteiger partial charge in [0, 0.05) is 12.0 Å². The summed E-state index contributed by atoms with van der Waals surface area (Å²) in [4.78, 5) is 0. The normalized spacial score (nSPS) is 13.5. The predicted molar refractivity (Wildman–Crippen MR) is 107 cm³/mol. The van der Waals surface area contributed by atoms with Crippen LogP contribution in [0.4, 0.5) is 0 Å². The van der Waals surface area contributed by atoms with E-state index in [4.69, 9.17) is 0 Å². The van der Waals surface area contributed by atoms with Crippen LogP contribution >= 0.6 is 0 Å². The number of hydrogen-bond acceptors (Lipinski definition) is 0. The molecule has 0 saturated heterocycles. The van der Waals surface area contributed by atoms with Gasteiger partial charge in [0.1, 0.15) is 11.3 Å². The third kappa shape index (κ3) is 4.26. The van der Waals surface area contributed by atoms with E-state index in [0.29, 0.717) is 0 Å². The largest absolute Gasteiger partial charge is 0.125 e. The molecule has 0 aromatic heterocycles. The summed E-state index contributed by atoms with van der Waals surface area (Å²) in [6.45, 7) is 21.3. The van der Waals surface area contributed by atoms with Gasteiger partial charge >= 0.3 is 0 Å². The molecule has 0 N–H and O–H groups in total. The predicted octanol–water partition coefficient (Wildman–Crippen LogP) is 6.73. The second-order valence-corrected chi connectivity index (χ2v) is 8.12. The third-order valence-corrected chi connectivity index (χ3v) is 4.85. The maximum absolute atomic E-state index is 4.41. The molecule has 0 nitrogen and oxygen atoms in total. The highest BCUT2D eigenvalue weighted by atomic mass is 14.3. The molecule has 0 aliphatic carbocycles.